The number of hydrogen-bond acceptors (Lipinski definition) is 4. The molecule has 1 N–H and O–H groups in total. The van der Waals surface area contributed by atoms with Crippen LogP contribution in [0.5, 0.6) is 0 Å². The predicted molar refractivity (Wildman–Crippen MR) is 107 cm³/mol. The topological polar surface area (TPSA) is 66.5 Å². The minimum atomic E-state index is -3.31. The summed E-state index contributed by atoms with van der Waals surface area (Å²) in [6.07, 6.45) is 3.53. The molecule has 1 aromatic carbocycles. The van der Waals surface area contributed by atoms with E-state index in [2.05, 4.69) is 5.32 Å². The molecule has 1 saturated heterocycles. The molecule has 0 atom stereocenters. The third kappa shape index (κ3) is 4.38. The molecule has 0 unspecified atom stereocenters. The number of sulfonamides is 1. The molecule has 26 heavy (non-hydrogen) atoms. The Hall–Kier alpha value is -0.760. The van der Waals surface area contributed by atoms with E-state index in [1.807, 2.05) is 18.2 Å². The average molecular weight is 417 g/mol. The normalized spacial score (nSPS) is 20.8. The van der Waals surface area contributed by atoms with E-state index >= 15 is 0 Å². The van der Waals surface area contributed by atoms with Gasteiger partial charge in [-0.2, -0.15) is 11.8 Å². The van der Waals surface area contributed by atoms with Crippen LogP contribution in [0.4, 0.5) is 0 Å². The Bertz CT molecular complexity index is 743. The molecule has 2 aliphatic rings. The number of rotatable bonds is 6. The summed E-state index contributed by atoms with van der Waals surface area (Å²) in [5, 5.41) is 3.50. The maximum Gasteiger partial charge on any atom is 0.230 e. The number of amides is 1. The van der Waals surface area contributed by atoms with E-state index in [0.29, 0.717) is 18.1 Å². The molecule has 1 aromatic rings. The fourth-order valence-corrected chi connectivity index (χ4v) is 6.51. The van der Waals surface area contributed by atoms with Gasteiger partial charge in [0, 0.05) is 36.2 Å². The highest BCUT2D eigenvalue weighted by Gasteiger charge is 2.42. The Labute approximate surface area is 164 Å². The lowest BCUT2D eigenvalue weighted by Crippen LogP contribution is -2.46. The minimum Gasteiger partial charge on any atom is -0.354 e. The van der Waals surface area contributed by atoms with Gasteiger partial charge in [-0.1, -0.05) is 36.6 Å². The van der Waals surface area contributed by atoms with Crippen LogP contribution in [0.3, 0.4) is 0 Å². The second-order valence-corrected chi connectivity index (χ2v) is 10.6. The zero-order valence-electron chi connectivity index (χ0n) is 14.7. The SMILES string of the molecule is O=C(NCCS(=O)(=O)N1CCSCC1)C1(c2cccc(Cl)c2)CCCC1. The second kappa shape index (κ2) is 8.50. The lowest BCUT2D eigenvalue weighted by molar-refractivity contribution is -0.126. The van der Waals surface area contributed by atoms with Crippen molar-refractivity contribution in [3.63, 3.8) is 0 Å². The summed E-state index contributed by atoms with van der Waals surface area (Å²) in [6, 6.07) is 7.46. The molecule has 0 aromatic heterocycles. The number of nitrogens with one attached hydrogen (secondary N) is 1. The minimum absolute atomic E-state index is 0.0466. The van der Waals surface area contributed by atoms with Crippen LogP contribution < -0.4 is 5.32 Å². The highest BCUT2D eigenvalue weighted by atomic mass is 35.5. The molecule has 1 heterocycles. The summed E-state index contributed by atoms with van der Waals surface area (Å²) in [7, 11) is -3.31. The molecule has 1 aliphatic carbocycles. The molecule has 1 amide bonds. The van der Waals surface area contributed by atoms with Crippen LogP contribution in [-0.4, -0.2) is 55.5 Å². The first-order valence-corrected chi connectivity index (χ1v) is 12.2. The third-order valence-corrected chi connectivity index (χ3v) is 8.33. The molecule has 144 valence electrons. The molecule has 1 aliphatic heterocycles. The number of carbonyl (C=O) groups excluding carboxylic acids is 1. The fraction of sp³-hybridized carbons (Fsp3) is 0.611. The van der Waals surface area contributed by atoms with Crippen LogP contribution in [0.15, 0.2) is 24.3 Å². The molecule has 8 heteroatoms. The molecule has 2 fully saturated rings. The molecule has 5 nitrogen and oxygen atoms in total. The van der Waals surface area contributed by atoms with Crippen molar-refractivity contribution in [3.8, 4) is 0 Å². The van der Waals surface area contributed by atoms with E-state index in [9.17, 15) is 13.2 Å². The van der Waals surface area contributed by atoms with Gasteiger partial charge in [0.1, 0.15) is 0 Å². The largest absolute Gasteiger partial charge is 0.354 e. The van der Waals surface area contributed by atoms with Gasteiger partial charge in [-0.15, -0.1) is 0 Å². The van der Waals surface area contributed by atoms with Crippen molar-refractivity contribution >= 4 is 39.3 Å². The summed E-state index contributed by atoms with van der Waals surface area (Å²) < 4.78 is 26.4. The van der Waals surface area contributed by atoms with Gasteiger partial charge in [-0.25, -0.2) is 12.7 Å². The van der Waals surface area contributed by atoms with Gasteiger partial charge in [-0.3, -0.25) is 4.79 Å². The van der Waals surface area contributed by atoms with E-state index in [1.165, 1.54) is 4.31 Å². The van der Waals surface area contributed by atoms with E-state index in [-0.39, 0.29) is 18.2 Å². The number of carbonyl (C=O) groups is 1. The van der Waals surface area contributed by atoms with Gasteiger partial charge in [-0.05, 0) is 30.5 Å². The van der Waals surface area contributed by atoms with Crippen LogP contribution in [0.2, 0.25) is 5.02 Å². The molecule has 0 spiro atoms. The van der Waals surface area contributed by atoms with Crippen molar-refractivity contribution in [1.29, 1.82) is 0 Å². The van der Waals surface area contributed by atoms with Gasteiger partial charge < -0.3 is 5.32 Å². The number of thioether (sulfide) groups is 1. The highest BCUT2D eigenvalue weighted by Crippen LogP contribution is 2.42. The average Bonchev–Trinajstić information content (AvgIpc) is 3.13. The van der Waals surface area contributed by atoms with Crippen molar-refractivity contribution in [2.45, 2.75) is 31.1 Å². The molecule has 1 saturated carbocycles. The van der Waals surface area contributed by atoms with Crippen LogP contribution in [0.25, 0.3) is 0 Å². The van der Waals surface area contributed by atoms with Crippen LogP contribution in [0, 0.1) is 0 Å². The van der Waals surface area contributed by atoms with Gasteiger partial charge in [0.2, 0.25) is 15.9 Å². The summed E-state index contributed by atoms with van der Waals surface area (Å²) in [5.74, 6) is 1.55. The Morgan fingerprint density at radius 3 is 2.58 bits per heavy atom. The first-order chi connectivity index (χ1) is 12.4. The van der Waals surface area contributed by atoms with Crippen molar-refractivity contribution < 1.29 is 13.2 Å². The Morgan fingerprint density at radius 1 is 1.23 bits per heavy atom. The van der Waals surface area contributed by atoms with Crippen molar-refractivity contribution in [2.24, 2.45) is 0 Å². The smallest absolute Gasteiger partial charge is 0.230 e. The quantitative estimate of drug-likeness (QED) is 0.774. The van der Waals surface area contributed by atoms with Gasteiger partial charge in [0.05, 0.1) is 11.2 Å². The molecule has 0 bridgehead atoms. The van der Waals surface area contributed by atoms with Crippen molar-refractivity contribution in [2.75, 3.05) is 36.9 Å². The summed E-state index contributed by atoms with van der Waals surface area (Å²) in [6.45, 7) is 1.27. The zero-order valence-corrected chi connectivity index (χ0v) is 17.1. The van der Waals surface area contributed by atoms with Gasteiger partial charge in [0.15, 0.2) is 0 Å². The summed E-state index contributed by atoms with van der Waals surface area (Å²) >= 11 is 7.89. The van der Waals surface area contributed by atoms with Crippen molar-refractivity contribution in [3.05, 3.63) is 34.9 Å². The monoisotopic (exact) mass is 416 g/mol. The molecule has 0 radical (unpaired) electrons. The Morgan fingerprint density at radius 2 is 1.92 bits per heavy atom. The first kappa shape index (κ1) is 20.0. The zero-order chi connectivity index (χ0) is 18.6. The van der Waals surface area contributed by atoms with Crippen LogP contribution in [0.1, 0.15) is 31.2 Å². The Balaban J connectivity index is 1.64. The van der Waals surface area contributed by atoms with E-state index < -0.39 is 15.4 Å². The molecular formula is C18H25ClN2O3S2. The Kier molecular flexibility index (Phi) is 6.54. The lowest BCUT2D eigenvalue weighted by Gasteiger charge is -2.29. The second-order valence-electron chi connectivity index (χ2n) is 6.88. The van der Waals surface area contributed by atoms with Gasteiger partial charge in [0.25, 0.3) is 0 Å². The number of hydrogen-bond donors (Lipinski definition) is 1. The van der Waals surface area contributed by atoms with E-state index in [1.54, 1.807) is 17.8 Å². The summed E-state index contributed by atoms with van der Waals surface area (Å²) in [4.78, 5) is 13.0. The lowest BCUT2D eigenvalue weighted by atomic mass is 9.78. The number of nitrogens with zero attached hydrogens (tertiary/aromatic N) is 1. The number of benzene rings is 1. The van der Waals surface area contributed by atoms with E-state index in [4.69, 9.17) is 11.6 Å². The maximum atomic E-state index is 13.0. The maximum absolute atomic E-state index is 13.0. The van der Waals surface area contributed by atoms with Crippen LogP contribution >= 0.6 is 23.4 Å². The summed E-state index contributed by atoms with van der Waals surface area (Å²) in [5.41, 5.74) is 0.340. The standard InChI is InChI=1S/C18H25ClN2O3S2/c19-16-5-3-4-15(14-16)18(6-1-2-7-18)17(22)20-8-13-26(23,24)21-9-11-25-12-10-21/h3-5,14H,1-2,6-13H2,(H,20,22). The van der Waals surface area contributed by atoms with Gasteiger partial charge >= 0.3 is 0 Å². The van der Waals surface area contributed by atoms with E-state index in [0.717, 1.165) is 42.8 Å². The number of halogens is 1. The van der Waals surface area contributed by atoms with Crippen molar-refractivity contribution in [1.82, 2.24) is 9.62 Å². The highest BCUT2D eigenvalue weighted by molar-refractivity contribution is 7.99. The fourth-order valence-electron chi connectivity index (χ4n) is 3.83. The molecular weight excluding hydrogens is 392 g/mol. The van der Waals surface area contributed by atoms with Crippen LogP contribution in [-0.2, 0) is 20.2 Å². The third-order valence-electron chi connectivity index (χ3n) is 5.28. The molecule has 3 rings (SSSR count). The first-order valence-electron chi connectivity index (χ1n) is 9.04. The predicted octanol–water partition coefficient (Wildman–Crippen LogP) is 2.65.